The van der Waals surface area contributed by atoms with Crippen molar-refractivity contribution in [2.45, 2.75) is 26.4 Å². The second kappa shape index (κ2) is 5.83. The van der Waals surface area contributed by atoms with Crippen LogP contribution in [0, 0.1) is 12.7 Å². The van der Waals surface area contributed by atoms with E-state index in [-0.39, 0.29) is 5.82 Å². The second-order valence-corrected chi connectivity index (χ2v) is 3.92. The smallest absolute Gasteiger partial charge is 0.126 e. The van der Waals surface area contributed by atoms with Crippen molar-refractivity contribution >= 4 is 0 Å². The molecule has 0 bridgehead atoms. The van der Waals surface area contributed by atoms with Crippen LogP contribution in [0.25, 0.3) is 0 Å². The van der Waals surface area contributed by atoms with Crippen LogP contribution in [0.5, 0.6) is 0 Å². The third-order valence-corrected chi connectivity index (χ3v) is 2.40. The van der Waals surface area contributed by atoms with Crippen molar-refractivity contribution in [2.24, 2.45) is 0 Å². The Morgan fingerprint density at radius 3 is 2.73 bits per heavy atom. The molecule has 2 nitrogen and oxygen atoms in total. The highest BCUT2D eigenvalue weighted by atomic mass is 19.1. The molecule has 0 amide bonds. The number of rotatable bonds is 5. The molecule has 0 spiro atoms. The van der Waals surface area contributed by atoms with E-state index >= 15 is 0 Å². The summed E-state index contributed by atoms with van der Waals surface area (Å²) in [5.41, 5.74) is 1.68. The molecule has 0 aromatic heterocycles. The molecule has 0 aliphatic rings. The fourth-order valence-corrected chi connectivity index (χ4v) is 1.42. The molecule has 3 heteroatoms. The minimum atomic E-state index is -0.129. The molecule has 1 atom stereocenters. The van der Waals surface area contributed by atoms with Gasteiger partial charge in [-0.05, 0) is 38.1 Å². The van der Waals surface area contributed by atoms with Crippen molar-refractivity contribution in [2.75, 3.05) is 13.6 Å². The van der Waals surface area contributed by atoms with Gasteiger partial charge in [-0.1, -0.05) is 12.1 Å². The highest BCUT2D eigenvalue weighted by Crippen LogP contribution is 2.08. The molecule has 2 N–H and O–H groups in total. The average Bonchev–Trinajstić information content (AvgIpc) is 2.20. The van der Waals surface area contributed by atoms with Crippen molar-refractivity contribution in [3.63, 3.8) is 0 Å². The number of benzene rings is 1. The van der Waals surface area contributed by atoms with Gasteiger partial charge in [0.05, 0.1) is 0 Å². The third-order valence-electron chi connectivity index (χ3n) is 2.40. The molecule has 0 saturated carbocycles. The highest BCUT2D eigenvalue weighted by Gasteiger charge is 2.02. The van der Waals surface area contributed by atoms with Crippen molar-refractivity contribution in [1.29, 1.82) is 0 Å². The quantitative estimate of drug-likeness (QED) is 0.775. The molecule has 0 saturated heterocycles. The first-order chi connectivity index (χ1) is 7.13. The van der Waals surface area contributed by atoms with E-state index in [1.54, 1.807) is 13.0 Å². The summed E-state index contributed by atoms with van der Waals surface area (Å²) in [5, 5.41) is 6.40. The first-order valence-electron chi connectivity index (χ1n) is 5.26. The largest absolute Gasteiger partial charge is 0.318 e. The van der Waals surface area contributed by atoms with Gasteiger partial charge < -0.3 is 10.6 Å². The minimum absolute atomic E-state index is 0.129. The predicted octanol–water partition coefficient (Wildman–Crippen LogP) is 1.83. The maximum atomic E-state index is 13.2. The van der Waals surface area contributed by atoms with Gasteiger partial charge in [0.15, 0.2) is 0 Å². The Morgan fingerprint density at radius 1 is 1.40 bits per heavy atom. The lowest BCUT2D eigenvalue weighted by Crippen LogP contribution is -2.34. The van der Waals surface area contributed by atoms with Gasteiger partial charge in [0, 0.05) is 19.1 Å². The molecule has 15 heavy (non-hydrogen) atoms. The summed E-state index contributed by atoms with van der Waals surface area (Å²) in [5.74, 6) is -0.129. The number of hydrogen-bond acceptors (Lipinski definition) is 2. The molecule has 0 fully saturated rings. The van der Waals surface area contributed by atoms with Crippen LogP contribution in [0.3, 0.4) is 0 Å². The zero-order valence-electron chi connectivity index (χ0n) is 9.60. The Morgan fingerprint density at radius 2 is 2.13 bits per heavy atom. The topological polar surface area (TPSA) is 24.1 Å². The van der Waals surface area contributed by atoms with Crippen molar-refractivity contribution in [1.82, 2.24) is 10.6 Å². The summed E-state index contributed by atoms with van der Waals surface area (Å²) in [6.45, 7) is 5.49. The molecule has 0 heterocycles. The van der Waals surface area contributed by atoms with E-state index in [9.17, 15) is 4.39 Å². The van der Waals surface area contributed by atoms with Crippen LogP contribution in [0.2, 0.25) is 0 Å². The first-order valence-corrected chi connectivity index (χ1v) is 5.26. The molecule has 1 aromatic rings. The summed E-state index contributed by atoms with van der Waals surface area (Å²) in [7, 11) is 1.92. The minimum Gasteiger partial charge on any atom is -0.318 e. The van der Waals surface area contributed by atoms with Crippen molar-refractivity contribution < 1.29 is 4.39 Å². The van der Waals surface area contributed by atoms with Gasteiger partial charge in [-0.2, -0.15) is 0 Å². The lowest BCUT2D eigenvalue weighted by Gasteiger charge is -2.13. The highest BCUT2D eigenvalue weighted by molar-refractivity contribution is 5.23. The van der Waals surface area contributed by atoms with Gasteiger partial charge in [-0.3, -0.25) is 0 Å². The van der Waals surface area contributed by atoms with Crippen LogP contribution < -0.4 is 10.6 Å². The number of hydrogen-bond donors (Lipinski definition) is 2. The first kappa shape index (κ1) is 12.1. The Bertz CT molecular complexity index is 312. The molecule has 0 aliphatic carbocycles. The standard InChI is InChI=1S/C12H19FN2/c1-9-4-5-11(6-12(9)13)8-15-10(2)7-14-3/h4-6,10,14-15H,7-8H2,1-3H3. The van der Waals surface area contributed by atoms with Crippen LogP contribution in [0.4, 0.5) is 4.39 Å². The van der Waals surface area contributed by atoms with Crippen molar-refractivity contribution in [3.8, 4) is 0 Å². The average molecular weight is 210 g/mol. The number of likely N-dealkylation sites (N-methyl/N-ethyl adjacent to an activating group) is 1. The van der Waals surface area contributed by atoms with Crippen LogP contribution in [0.15, 0.2) is 18.2 Å². The van der Waals surface area contributed by atoms with E-state index in [4.69, 9.17) is 0 Å². The summed E-state index contributed by atoms with van der Waals surface area (Å²) < 4.78 is 13.2. The number of halogens is 1. The second-order valence-electron chi connectivity index (χ2n) is 3.92. The van der Waals surface area contributed by atoms with Gasteiger partial charge in [0.1, 0.15) is 5.82 Å². The lowest BCUT2D eigenvalue weighted by atomic mass is 10.1. The number of aryl methyl sites for hydroxylation is 1. The van der Waals surface area contributed by atoms with Gasteiger partial charge in [0.25, 0.3) is 0 Å². The van der Waals surface area contributed by atoms with E-state index < -0.39 is 0 Å². The maximum Gasteiger partial charge on any atom is 0.126 e. The molecule has 84 valence electrons. The van der Waals surface area contributed by atoms with E-state index in [1.165, 1.54) is 0 Å². The summed E-state index contributed by atoms with van der Waals surface area (Å²) in [6, 6.07) is 5.75. The molecule has 1 aromatic carbocycles. The molecular formula is C12H19FN2. The van der Waals surface area contributed by atoms with E-state index in [0.29, 0.717) is 18.2 Å². The molecule has 1 unspecified atom stereocenters. The summed E-state index contributed by atoms with van der Waals surface area (Å²) in [4.78, 5) is 0. The van der Waals surface area contributed by atoms with Gasteiger partial charge in [-0.25, -0.2) is 4.39 Å². The van der Waals surface area contributed by atoms with Gasteiger partial charge in [-0.15, -0.1) is 0 Å². The summed E-state index contributed by atoms with van der Waals surface area (Å²) >= 11 is 0. The lowest BCUT2D eigenvalue weighted by molar-refractivity contribution is 0.521. The SMILES string of the molecule is CNCC(C)NCc1ccc(C)c(F)c1. The molecule has 0 aliphatic heterocycles. The Hall–Kier alpha value is -0.930. The van der Waals surface area contributed by atoms with E-state index in [2.05, 4.69) is 17.6 Å². The van der Waals surface area contributed by atoms with Crippen LogP contribution >= 0.6 is 0 Å². The third kappa shape index (κ3) is 3.98. The van der Waals surface area contributed by atoms with E-state index in [0.717, 1.165) is 12.1 Å². The monoisotopic (exact) mass is 210 g/mol. The fraction of sp³-hybridized carbons (Fsp3) is 0.500. The van der Waals surface area contributed by atoms with Gasteiger partial charge >= 0.3 is 0 Å². The Labute approximate surface area is 90.9 Å². The molecular weight excluding hydrogens is 191 g/mol. The Balaban J connectivity index is 2.47. The number of nitrogens with one attached hydrogen (secondary N) is 2. The zero-order valence-corrected chi connectivity index (χ0v) is 9.60. The van der Waals surface area contributed by atoms with Crippen LogP contribution in [-0.2, 0) is 6.54 Å². The van der Waals surface area contributed by atoms with E-state index in [1.807, 2.05) is 19.2 Å². The van der Waals surface area contributed by atoms with Crippen LogP contribution in [-0.4, -0.2) is 19.6 Å². The van der Waals surface area contributed by atoms with Crippen LogP contribution in [0.1, 0.15) is 18.1 Å². The molecule has 1 rings (SSSR count). The normalized spacial score (nSPS) is 12.8. The fourth-order valence-electron chi connectivity index (χ4n) is 1.42. The predicted molar refractivity (Wildman–Crippen MR) is 61.4 cm³/mol. The zero-order chi connectivity index (χ0) is 11.3. The maximum absolute atomic E-state index is 13.2. The van der Waals surface area contributed by atoms with Crippen molar-refractivity contribution in [3.05, 3.63) is 35.1 Å². The Kier molecular flexibility index (Phi) is 4.72. The molecule has 0 radical (unpaired) electrons. The van der Waals surface area contributed by atoms with Gasteiger partial charge in [0.2, 0.25) is 0 Å². The summed E-state index contributed by atoms with van der Waals surface area (Å²) in [6.07, 6.45) is 0.